The zero-order valence-corrected chi connectivity index (χ0v) is 11.8. The van der Waals surface area contributed by atoms with Crippen molar-refractivity contribution in [2.24, 2.45) is 0 Å². The third-order valence-corrected chi connectivity index (χ3v) is 4.44. The van der Waals surface area contributed by atoms with Gasteiger partial charge in [0, 0.05) is 30.5 Å². The Bertz CT molecular complexity index is 382. The van der Waals surface area contributed by atoms with Gasteiger partial charge in [-0.1, -0.05) is 6.92 Å². The summed E-state index contributed by atoms with van der Waals surface area (Å²) in [4.78, 5) is 11.4. The Hall–Kier alpha value is -1.00. The van der Waals surface area contributed by atoms with E-state index < -0.39 is 0 Å². The lowest BCUT2D eigenvalue weighted by Crippen LogP contribution is -2.48. The zero-order chi connectivity index (χ0) is 13.1. The lowest BCUT2D eigenvalue weighted by molar-refractivity contribution is 0.131. The van der Waals surface area contributed by atoms with Crippen molar-refractivity contribution >= 4 is 0 Å². The average Bonchev–Trinajstić information content (AvgIpc) is 2.78. The summed E-state index contributed by atoms with van der Waals surface area (Å²) in [5.41, 5.74) is 0. The molecule has 19 heavy (non-hydrogen) atoms. The lowest BCUT2D eigenvalue weighted by atomic mass is 9.98. The Kier molecular flexibility index (Phi) is 4.09. The predicted octanol–water partition coefficient (Wildman–Crippen LogP) is 1.97. The van der Waals surface area contributed by atoms with Gasteiger partial charge in [-0.2, -0.15) is 0 Å². The first-order valence-electron chi connectivity index (χ1n) is 7.61. The Morgan fingerprint density at radius 2 is 1.89 bits per heavy atom. The molecule has 2 unspecified atom stereocenters. The summed E-state index contributed by atoms with van der Waals surface area (Å²) in [5.74, 6) is 0.960. The van der Waals surface area contributed by atoms with Crippen LogP contribution < -0.4 is 5.32 Å². The normalized spacial score (nSPS) is 29.9. The molecule has 0 aromatic carbocycles. The molecule has 2 saturated heterocycles. The number of rotatable bonds is 5. The van der Waals surface area contributed by atoms with Gasteiger partial charge in [0.15, 0.2) is 0 Å². The van der Waals surface area contributed by atoms with Gasteiger partial charge in [-0.15, -0.1) is 0 Å². The van der Waals surface area contributed by atoms with Crippen LogP contribution in [0.4, 0.5) is 0 Å². The molecule has 0 amide bonds. The molecule has 3 heterocycles. The number of fused-ring (bicyclic) bond motifs is 2. The molecular weight excluding hydrogens is 236 g/mol. The Morgan fingerprint density at radius 3 is 2.53 bits per heavy atom. The maximum atomic E-state index is 4.38. The van der Waals surface area contributed by atoms with E-state index in [0.29, 0.717) is 6.04 Å². The maximum absolute atomic E-state index is 4.38. The van der Waals surface area contributed by atoms with E-state index in [-0.39, 0.29) is 0 Å². The third-order valence-electron chi connectivity index (χ3n) is 4.44. The van der Waals surface area contributed by atoms with Crippen LogP contribution in [0.1, 0.15) is 44.9 Å². The van der Waals surface area contributed by atoms with Crippen molar-refractivity contribution in [1.29, 1.82) is 0 Å². The molecule has 2 fully saturated rings. The van der Waals surface area contributed by atoms with Crippen molar-refractivity contribution in [2.75, 3.05) is 6.54 Å². The van der Waals surface area contributed by atoms with E-state index in [1.807, 2.05) is 18.5 Å². The quantitative estimate of drug-likeness (QED) is 0.879. The molecule has 2 aliphatic heterocycles. The van der Waals surface area contributed by atoms with E-state index in [4.69, 9.17) is 0 Å². The third kappa shape index (κ3) is 3.12. The Balaban J connectivity index is 1.66. The molecule has 1 N–H and O–H groups in total. The van der Waals surface area contributed by atoms with Crippen molar-refractivity contribution in [3.8, 4) is 0 Å². The second-order valence-electron chi connectivity index (χ2n) is 5.90. The first-order valence-corrected chi connectivity index (χ1v) is 7.61. The average molecular weight is 260 g/mol. The Labute approximate surface area is 115 Å². The van der Waals surface area contributed by atoms with Gasteiger partial charge >= 0.3 is 0 Å². The first-order chi connectivity index (χ1) is 9.35. The summed E-state index contributed by atoms with van der Waals surface area (Å²) in [6.07, 6.45) is 10.2. The zero-order valence-electron chi connectivity index (χ0n) is 11.8. The maximum Gasteiger partial charge on any atom is 0.142 e. The standard InChI is InChI=1S/C15H24N4/c1-2-8-19(11-15-16-6-3-7-17-15)14-9-12-4-5-13(10-14)18-12/h3,6-7,12-14,18H,2,4-5,8-11H2,1H3. The summed E-state index contributed by atoms with van der Waals surface area (Å²) >= 11 is 0. The minimum atomic E-state index is 0.711. The van der Waals surface area contributed by atoms with Crippen LogP contribution in [0.5, 0.6) is 0 Å². The summed E-state index contributed by atoms with van der Waals surface area (Å²) < 4.78 is 0. The van der Waals surface area contributed by atoms with Gasteiger partial charge in [-0.05, 0) is 44.7 Å². The van der Waals surface area contributed by atoms with Crippen LogP contribution in [0.3, 0.4) is 0 Å². The topological polar surface area (TPSA) is 41.1 Å². The van der Waals surface area contributed by atoms with Crippen LogP contribution in [0.15, 0.2) is 18.5 Å². The number of aromatic nitrogens is 2. The minimum absolute atomic E-state index is 0.711. The van der Waals surface area contributed by atoms with Crippen LogP contribution >= 0.6 is 0 Å². The van der Waals surface area contributed by atoms with E-state index in [1.165, 1.54) is 32.1 Å². The van der Waals surface area contributed by atoms with E-state index in [0.717, 1.165) is 31.0 Å². The molecule has 1 aromatic rings. The summed E-state index contributed by atoms with van der Waals surface area (Å²) in [7, 11) is 0. The second-order valence-corrected chi connectivity index (χ2v) is 5.90. The number of piperidine rings is 1. The van der Waals surface area contributed by atoms with Crippen LogP contribution in [0, 0.1) is 0 Å². The highest BCUT2D eigenvalue weighted by atomic mass is 15.2. The predicted molar refractivity (Wildman–Crippen MR) is 75.7 cm³/mol. The molecule has 104 valence electrons. The number of nitrogens with one attached hydrogen (secondary N) is 1. The number of hydrogen-bond acceptors (Lipinski definition) is 4. The molecule has 2 atom stereocenters. The first kappa shape index (κ1) is 13.0. The van der Waals surface area contributed by atoms with Gasteiger partial charge in [-0.3, -0.25) is 4.90 Å². The summed E-state index contributed by atoms with van der Waals surface area (Å²) in [6, 6.07) is 4.10. The largest absolute Gasteiger partial charge is 0.311 e. The van der Waals surface area contributed by atoms with Gasteiger partial charge in [-0.25, -0.2) is 9.97 Å². The molecule has 1 aromatic heterocycles. The van der Waals surface area contributed by atoms with Crippen molar-refractivity contribution in [3.05, 3.63) is 24.3 Å². The number of nitrogens with zero attached hydrogens (tertiary/aromatic N) is 3. The fourth-order valence-electron chi connectivity index (χ4n) is 3.60. The summed E-state index contributed by atoms with van der Waals surface area (Å²) in [6.45, 7) is 4.32. The van der Waals surface area contributed by atoms with Crippen molar-refractivity contribution in [3.63, 3.8) is 0 Å². The highest BCUT2D eigenvalue weighted by Crippen LogP contribution is 2.30. The highest BCUT2D eigenvalue weighted by molar-refractivity contribution is 4.97. The summed E-state index contributed by atoms with van der Waals surface area (Å²) in [5, 5.41) is 3.72. The van der Waals surface area contributed by atoms with Crippen LogP contribution in [-0.2, 0) is 6.54 Å². The molecule has 4 nitrogen and oxygen atoms in total. The molecule has 0 spiro atoms. The Morgan fingerprint density at radius 1 is 1.21 bits per heavy atom. The fourth-order valence-corrected chi connectivity index (χ4v) is 3.60. The molecule has 0 aliphatic carbocycles. The van der Waals surface area contributed by atoms with Crippen LogP contribution in [0.25, 0.3) is 0 Å². The fraction of sp³-hybridized carbons (Fsp3) is 0.733. The van der Waals surface area contributed by atoms with Gasteiger partial charge < -0.3 is 5.32 Å². The van der Waals surface area contributed by atoms with Gasteiger partial charge in [0.2, 0.25) is 0 Å². The highest BCUT2D eigenvalue weighted by Gasteiger charge is 2.35. The van der Waals surface area contributed by atoms with Crippen molar-refractivity contribution in [1.82, 2.24) is 20.2 Å². The van der Waals surface area contributed by atoms with Crippen molar-refractivity contribution in [2.45, 2.75) is 63.7 Å². The smallest absolute Gasteiger partial charge is 0.142 e. The SMILES string of the molecule is CCCN(Cc1ncccn1)C1CC2CCC(C1)N2. The van der Waals surface area contributed by atoms with E-state index in [9.17, 15) is 0 Å². The van der Waals surface area contributed by atoms with E-state index >= 15 is 0 Å². The minimum Gasteiger partial charge on any atom is -0.311 e. The molecule has 3 rings (SSSR count). The van der Waals surface area contributed by atoms with Crippen LogP contribution in [-0.4, -0.2) is 39.5 Å². The second kappa shape index (κ2) is 5.97. The molecule has 2 aliphatic rings. The van der Waals surface area contributed by atoms with Gasteiger partial charge in [0.1, 0.15) is 5.82 Å². The molecule has 2 bridgehead atoms. The van der Waals surface area contributed by atoms with Crippen LogP contribution in [0.2, 0.25) is 0 Å². The number of hydrogen-bond donors (Lipinski definition) is 1. The molecule has 0 saturated carbocycles. The van der Waals surface area contributed by atoms with E-state index in [1.54, 1.807) is 0 Å². The monoisotopic (exact) mass is 260 g/mol. The molecular formula is C15H24N4. The van der Waals surface area contributed by atoms with Gasteiger partial charge in [0.05, 0.1) is 6.54 Å². The lowest BCUT2D eigenvalue weighted by Gasteiger charge is -2.37. The van der Waals surface area contributed by atoms with Gasteiger partial charge in [0.25, 0.3) is 0 Å². The van der Waals surface area contributed by atoms with Crippen molar-refractivity contribution < 1.29 is 0 Å². The van der Waals surface area contributed by atoms with E-state index in [2.05, 4.69) is 27.1 Å². The molecule has 0 radical (unpaired) electrons. The molecule has 4 heteroatoms.